The molecule has 1 atom stereocenters. The first-order valence-electron chi connectivity index (χ1n) is 7.04. The number of carbonyl (C=O) groups excluding carboxylic acids is 1. The van der Waals surface area contributed by atoms with Gasteiger partial charge in [-0.15, -0.1) is 11.3 Å². The Morgan fingerprint density at radius 3 is 2.50 bits per heavy atom. The van der Waals surface area contributed by atoms with Crippen LogP contribution in [0.3, 0.4) is 0 Å². The molecule has 22 heavy (non-hydrogen) atoms. The summed E-state index contributed by atoms with van der Waals surface area (Å²) in [6, 6.07) is -0.0312. The molecule has 7 heteroatoms. The van der Waals surface area contributed by atoms with Crippen LogP contribution in [-0.4, -0.2) is 27.9 Å². The fourth-order valence-electron chi connectivity index (χ4n) is 2.20. The average molecular weight is 340 g/mol. The quantitative estimate of drug-likeness (QED) is 0.485. The number of hydrogen-bond donors (Lipinski definition) is 0. The van der Waals surface area contributed by atoms with Crippen LogP contribution in [0, 0.1) is 13.8 Å². The van der Waals surface area contributed by atoms with Gasteiger partial charge in [0.2, 0.25) is 0 Å². The molecular formula is C15H20N2O3S2. The Balaban J connectivity index is 2.65. The van der Waals surface area contributed by atoms with Gasteiger partial charge in [0.15, 0.2) is 5.16 Å². The van der Waals surface area contributed by atoms with Crippen LogP contribution in [0.4, 0.5) is 0 Å². The lowest BCUT2D eigenvalue weighted by atomic mass is 10.2. The molecule has 0 saturated carbocycles. The number of ether oxygens (including phenoxy) is 1. The predicted octanol–water partition coefficient (Wildman–Crippen LogP) is 3.31. The number of methoxy groups -OCH3 is 1. The van der Waals surface area contributed by atoms with Crippen molar-refractivity contribution in [1.29, 1.82) is 0 Å². The maximum Gasteiger partial charge on any atom is 0.318 e. The van der Waals surface area contributed by atoms with E-state index in [0.29, 0.717) is 10.5 Å². The van der Waals surface area contributed by atoms with Crippen LogP contribution < -0.4 is 5.56 Å². The molecule has 0 N–H and O–H groups in total. The largest absolute Gasteiger partial charge is 0.468 e. The average Bonchev–Trinajstić information content (AvgIpc) is 2.72. The molecule has 0 bridgehead atoms. The second-order valence-corrected chi connectivity index (χ2v) is 7.92. The van der Waals surface area contributed by atoms with Gasteiger partial charge in [0.1, 0.15) is 10.1 Å². The molecule has 0 radical (unpaired) electrons. The fourth-order valence-corrected chi connectivity index (χ4v) is 4.34. The van der Waals surface area contributed by atoms with Crippen LogP contribution in [-0.2, 0) is 9.53 Å². The number of aryl methyl sites for hydroxylation is 2. The van der Waals surface area contributed by atoms with Crippen molar-refractivity contribution in [2.24, 2.45) is 0 Å². The van der Waals surface area contributed by atoms with E-state index in [1.54, 1.807) is 11.5 Å². The minimum absolute atomic E-state index is 0.0312. The number of nitrogens with zero attached hydrogens (tertiary/aromatic N) is 2. The monoisotopic (exact) mass is 340 g/mol. The molecule has 0 aliphatic heterocycles. The summed E-state index contributed by atoms with van der Waals surface area (Å²) < 4.78 is 6.41. The summed E-state index contributed by atoms with van der Waals surface area (Å²) in [6.07, 6.45) is 0. The SMILES string of the molecule is COC(=O)C(C)Sc1nc2sc(C)c(C)c2c(=O)n1C(C)C. The van der Waals surface area contributed by atoms with E-state index in [0.717, 1.165) is 15.3 Å². The lowest BCUT2D eigenvalue weighted by molar-refractivity contribution is -0.139. The first-order valence-corrected chi connectivity index (χ1v) is 8.74. The van der Waals surface area contributed by atoms with E-state index in [1.807, 2.05) is 27.7 Å². The molecule has 0 amide bonds. The number of aromatic nitrogens is 2. The van der Waals surface area contributed by atoms with E-state index >= 15 is 0 Å². The van der Waals surface area contributed by atoms with Crippen LogP contribution in [0.15, 0.2) is 9.95 Å². The second kappa shape index (κ2) is 6.42. The zero-order chi connectivity index (χ0) is 16.6. The van der Waals surface area contributed by atoms with Crippen molar-refractivity contribution < 1.29 is 9.53 Å². The van der Waals surface area contributed by atoms with Crippen molar-refractivity contribution >= 4 is 39.3 Å². The van der Waals surface area contributed by atoms with Gasteiger partial charge in [-0.25, -0.2) is 4.98 Å². The molecule has 2 heterocycles. The summed E-state index contributed by atoms with van der Waals surface area (Å²) in [5, 5.41) is 0.833. The first kappa shape index (κ1) is 17.0. The van der Waals surface area contributed by atoms with Gasteiger partial charge in [-0.1, -0.05) is 11.8 Å². The Hall–Kier alpha value is -1.34. The van der Waals surface area contributed by atoms with Gasteiger partial charge < -0.3 is 4.74 Å². The lowest BCUT2D eigenvalue weighted by Crippen LogP contribution is -2.26. The molecular weight excluding hydrogens is 320 g/mol. The summed E-state index contributed by atoms with van der Waals surface area (Å²) in [5.41, 5.74) is 0.950. The Labute approximate surface area is 137 Å². The molecule has 2 aromatic rings. The van der Waals surface area contributed by atoms with Crippen LogP contribution in [0.5, 0.6) is 0 Å². The first-order chi connectivity index (χ1) is 10.3. The number of esters is 1. The smallest absolute Gasteiger partial charge is 0.318 e. The molecule has 0 fully saturated rings. The van der Waals surface area contributed by atoms with Gasteiger partial charge in [0, 0.05) is 10.9 Å². The number of hydrogen-bond acceptors (Lipinski definition) is 6. The fraction of sp³-hybridized carbons (Fsp3) is 0.533. The Morgan fingerprint density at radius 2 is 1.95 bits per heavy atom. The van der Waals surface area contributed by atoms with Gasteiger partial charge in [-0.05, 0) is 40.2 Å². The highest BCUT2D eigenvalue weighted by atomic mass is 32.2. The number of thioether (sulfide) groups is 1. The molecule has 2 rings (SSSR count). The molecule has 120 valence electrons. The highest BCUT2D eigenvalue weighted by Crippen LogP contribution is 2.30. The van der Waals surface area contributed by atoms with Crippen molar-refractivity contribution in [3.63, 3.8) is 0 Å². The summed E-state index contributed by atoms with van der Waals surface area (Å²) >= 11 is 2.77. The number of carbonyl (C=O) groups is 1. The van der Waals surface area contributed by atoms with Crippen LogP contribution in [0.2, 0.25) is 0 Å². The third-order valence-corrected chi connectivity index (χ3v) is 5.68. The van der Waals surface area contributed by atoms with Gasteiger partial charge >= 0.3 is 5.97 Å². The van der Waals surface area contributed by atoms with Crippen molar-refractivity contribution in [1.82, 2.24) is 9.55 Å². The topological polar surface area (TPSA) is 61.2 Å². The Kier molecular flexibility index (Phi) is 4.97. The maximum absolute atomic E-state index is 12.8. The van der Waals surface area contributed by atoms with Gasteiger partial charge in [-0.3, -0.25) is 14.2 Å². The third kappa shape index (κ3) is 2.92. The third-order valence-electron chi connectivity index (χ3n) is 3.53. The van der Waals surface area contributed by atoms with Gasteiger partial charge in [0.25, 0.3) is 5.56 Å². The molecule has 0 aliphatic rings. The summed E-state index contributed by atoms with van der Waals surface area (Å²) in [4.78, 5) is 31.0. The number of rotatable bonds is 4. The van der Waals surface area contributed by atoms with Crippen molar-refractivity contribution in [2.45, 2.75) is 51.1 Å². The Morgan fingerprint density at radius 1 is 1.32 bits per heavy atom. The van der Waals surface area contributed by atoms with E-state index in [2.05, 4.69) is 4.98 Å². The van der Waals surface area contributed by atoms with Crippen LogP contribution in [0.1, 0.15) is 37.3 Å². The predicted molar refractivity (Wildman–Crippen MR) is 91.1 cm³/mol. The minimum Gasteiger partial charge on any atom is -0.468 e. The van der Waals surface area contributed by atoms with Crippen LogP contribution >= 0.6 is 23.1 Å². The zero-order valence-electron chi connectivity index (χ0n) is 13.6. The minimum atomic E-state index is -0.415. The Bertz CT molecular complexity index is 777. The normalized spacial score (nSPS) is 12.9. The molecule has 0 saturated heterocycles. The van der Waals surface area contributed by atoms with Crippen LogP contribution in [0.25, 0.3) is 10.2 Å². The van der Waals surface area contributed by atoms with Gasteiger partial charge in [0.05, 0.1) is 12.5 Å². The van der Waals surface area contributed by atoms with Crippen molar-refractivity contribution in [3.8, 4) is 0 Å². The lowest BCUT2D eigenvalue weighted by Gasteiger charge is -2.17. The summed E-state index contributed by atoms with van der Waals surface area (Å²) in [5.74, 6) is -0.326. The van der Waals surface area contributed by atoms with E-state index in [-0.39, 0.29) is 17.6 Å². The molecule has 0 spiro atoms. The van der Waals surface area contributed by atoms with E-state index < -0.39 is 5.25 Å². The van der Waals surface area contributed by atoms with E-state index in [4.69, 9.17) is 4.74 Å². The highest BCUT2D eigenvalue weighted by Gasteiger charge is 2.22. The van der Waals surface area contributed by atoms with Gasteiger partial charge in [-0.2, -0.15) is 0 Å². The van der Waals surface area contributed by atoms with Crippen molar-refractivity contribution in [2.75, 3.05) is 7.11 Å². The maximum atomic E-state index is 12.8. The highest BCUT2D eigenvalue weighted by molar-refractivity contribution is 8.00. The molecule has 5 nitrogen and oxygen atoms in total. The molecule has 0 aromatic carbocycles. The number of thiophene rings is 1. The van der Waals surface area contributed by atoms with E-state index in [1.165, 1.54) is 30.2 Å². The zero-order valence-corrected chi connectivity index (χ0v) is 15.2. The standard InChI is InChI=1S/C15H20N2O3S2/c1-7(2)17-13(18)11-8(3)9(4)21-12(11)16-15(17)22-10(5)14(19)20-6/h7,10H,1-6H3. The summed E-state index contributed by atoms with van der Waals surface area (Å²) in [7, 11) is 1.36. The molecule has 1 unspecified atom stereocenters. The summed E-state index contributed by atoms with van der Waals surface area (Å²) in [6.45, 7) is 9.58. The second-order valence-electron chi connectivity index (χ2n) is 5.41. The molecule has 0 aliphatic carbocycles. The van der Waals surface area contributed by atoms with Crippen molar-refractivity contribution in [3.05, 3.63) is 20.8 Å². The number of fused-ring (bicyclic) bond motifs is 1. The van der Waals surface area contributed by atoms with E-state index in [9.17, 15) is 9.59 Å². The molecule has 2 aromatic heterocycles.